The van der Waals surface area contributed by atoms with E-state index < -0.39 is 49.5 Å². The van der Waals surface area contributed by atoms with E-state index in [0.717, 1.165) is 64.2 Å². The summed E-state index contributed by atoms with van der Waals surface area (Å²) < 4.78 is 11.2. The number of carbonyl (C=O) groups is 1. The second kappa shape index (κ2) is 53.0. The molecule has 9 heteroatoms. The highest BCUT2D eigenvalue weighted by Crippen LogP contribution is 2.23. The molecular weight excluding hydrogens is 911 g/mol. The minimum atomic E-state index is -1.58. The molecule has 1 amide bonds. The van der Waals surface area contributed by atoms with E-state index in [2.05, 4.69) is 79.9 Å². The number of amides is 1. The summed E-state index contributed by atoms with van der Waals surface area (Å²) in [5, 5.41) is 54.4. The lowest BCUT2D eigenvalue weighted by Crippen LogP contribution is -2.60. The maximum Gasteiger partial charge on any atom is 0.220 e. The summed E-state index contributed by atoms with van der Waals surface area (Å²) in [6.45, 7) is 3.74. The molecule has 1 aliphatic heterocycles. The number of rotatable bonds is 52. The molecule has 1 saturated heterocycles. The van der Waals surface area contributed by atoms with Crippen LogP contribution < -0.4 is 5.32 Å². The second-order valence-electron chi connectivity index (χ2n) is 21.1. The number of aliphatic hydroxyl groups is 5. The first kappa shape index (κ1) is 68.6. The Hall–Kier alpha value is -2.37. The van der Waals surface area contributed by atoms with Crippen LogP contribution in [0.25, 0.3) is 0 Å². The zero-order valence-electron chi connectivity index (χ0n) is 47.1. The van der Waals surface area contributed by atoms with Gasteiger partial charge in [-0.15, -0.1) is 0 Å². The number of unbranched alkanes of at least 4 members (excludes halogenated alkanes) is 32. The summed E-state index contributed by atoms with van der Waals surface area (Å²) in [6, 6.07) is -0.829. The summed E-state index contributed by atoms with van der Waals surface area (Å²) in [7, 11) is 0. The first-order valence-electron chi connectivity index (χ1n) is 30.7. The van der Waals surface area contributed by atoms with Gasteiger partial charge in [-0.2, -0.15) is 0 Å². The fourth-order valence-corrected chi connectivity index (χ4v) is 9.37. The van der Waals surface area contributed by atoms with Gasteiger partial charge in [-0.05, 0) is 83.5 Å². The van der Waals surface area contributed by atoms with Gasteiger partial charge in [0, 0.05) is 6.42 Å². The van der Waals surface area contributed by atoms with Crippen LogP contribution in [-0.2, 0) is 14.3 Å². The van der Waals surface area contributed by atoms with Gasteiger partial charge in [0.2, 0.25) is 5.91 Å². The number of hydrogen-bond donors (Lipinski definition) is 6. The topological polar surface area (TPSA) is 149 Å². The predicted molar refractivity (Wildman–Crippen MR) is 309 cm³/mol. The van der Waals surface area contributed by atoms with Gasteiger partial charge in [0.05, 0.1) is 25.4 Å². The number of hydrogen-bond acceptors (Lipinski definition) is 8. The number of ether oxygens (including phenoxy) is 2. The molecule has 1 heterocycles. The number of carbonyl (C=O) groups excluding carboxylic acids is 1. The molecule has 7 atom stereocenters. The molecule has 73 heavy (non-hydrogen) atoms. The highest BCUT2D eigenvalue weighted by atomic mass is 16.7. The Morgan fingerprint density at radius 2 is 0.822 bits per heavy atom. The number of allylic oxidation sites excluding steroid dienone is 11. The maximum atomic E-state index is 13.1. The first-order valence-corrected chi connectivity index (χ1v) is 30.7. The van der Waals surface area contributed by atoms with Crippen molar-refractivity contribution in [1.29, 1.82) is 0 Å². The zero-order valence-corrected chi connectivity index (χ0v) is 47.1. The van der Waals surface area contributed by atoms with E-state index in [1.807, 2.05) is 6.08 Å². The van der Waals surface area contributed by atoms with E-state index in [9.17, 15) is 30.3 Å². The maximum absolute atomic E-state index is 13.1. The van der Waals surface area contributed by atoms with E-state index in [0.29, 0.717) is 6.42 Å². The van der Waals surface area contributed by atoms with Crippen LogP contribution in [0, 0.1) is 0 Å². The Kier molecular flexibility index (Phi) is 49.9. The lowest BCUT2D eigenvalue weighted by atomic mass is 9.99. The molecule has 6 N–H and O–H groups in total. The van der Waals surface area contributed by atoms with E-state index in [-0.39, 0.29) is 12.5 Å². The fourth-order valence-electron chi connectivity index (χ4n) is 9.37. The molecule has 0 radical (unpaired) electrons. The van der Waals surface area contributed by atoms with E-state index in [1.54, 1.807) is 6.08 Å². The van der Waals surface area contributed by atoms with E-state index in [1.165, 1.54) is 186 Å². The van der Waals surface area contributed by atoms with Crippen molar-refractivity contribution in [2.45, 2.75) is 314 Å². The molecule has 0 saturated carbocycles. The standard InChI is InChI=1S/C64H115NO8/c1-3-5-7-9-11-13-15-17-19-20-21-22-23-24-25-26-27-28-29-30-31-32-33-34-35-36-37-38-40-42-44-46-48-50-52-54-60(68)65-57(56-72-64-63(71)62(70)61(69)59(55-66)73-64)58(67)53-51-49-47-45-43-41-39-18-16-14-12-10-8-6-4-2/h15-18,20-21,23-24,43,45,51,53,57-59,61-64,66-67,69-71H,3-14,19,22,25-42,44,46-50,52,54-56H2,1-2H3,(H,65,68)/b17-15-,18-16+,21-20-,24-23-,45-43+,53-51+. The third kappa shape index (κ3) is 42.4. The van der Waals surface area contributed by atoms with Gasteiger partial charge in [-0.1, -0.05) is 254 Å². The van der Waals surface area contributed by atoms with Gasteiger partial charge in [0.1, 0.15) is 24.4 Å². The largest absolute Gasteiger partial charge is 0.394 e. The molecule has 0 spiro atoms. The van der Waals surface area contributed by atoms with Crippen LogP contribution in [0.1, 0.15) is 271 Å². The Morgan fingerprint density at radius 1 is 0.466 bits per heavy atom. The molecule has 7 unspecified atom stereocenters. The lowest BCUT2D eigenvalue weighted by molar-refractivity contribution is -0.302. The molecular formula is C64H115NO8. The Morgan fingerprint density at radius 3 is 1.25 bits per heavy atom. The molecule has 0 aromatic carbocycles. The third-order valence-corrected chi connectivity index (χ3v) is 14.2. The zero-order chi connectivity index (χ0) is 52.9. The Bertz CT molecular complexity index is 1380. The molecule has 0 aliphatic carbocycles. The quantitative estimate of drug-likeness (QED) is 0.0261. The van der Waals surface area contributed by atoms with Crippen LogP contribution in [0.3, 0.4) is 0 Å². The SMILES string of the molecule is CCCCCCC/C=C\C/C=C\C/C=C\CCCCCCCCCCCCCCCCCCCCCCC(=O)NC(COC1OC(CO)C(O)C(O)C1O)C(O)/C=C/CC/C=C/CC/C=C/CCCCCCC. The van der Waals surface area contributed by atoms with Gasteiger partial charge < -0.3 is 40.3 Å². The fraction of sp³-hybridized carbons (Fsp3) is 0.797. The van der Waals surface area contributed by atoms with Crippen molar-refractivity contribution in [3.05, 3.63) is 72.9 Å². The minimum absolute atomic E-state index is 0.190. The molecule has 1 rings (SSSR count). The van der Waals surface area contributed by atoms with Gasteiger partial charge in [0.15, 0.2) is 6.29 Å². The van der Waals surface area contributed by atoms with E-state index >= 15 is 0 Å². The smallest absolute Gasteiger partial charge is 0.220 e. The summed E-state index contributed by atoms with van der Waals surface area (Å²) in [5.74, 6) is -0.190. The first-order chi connectivity index (χ1) is 35.8. The van der Waals surface area contributed by atoms with Crippen molar-refractivity contribution in [2.75, 3.05) is 13.2 Å². The van der Waals surface area contributed by atoms with E-state index in [4.69, 9.17) is 9.47 Å². The molecule has 0 bridgehead atoms. The lowest BCUT2D eigenvalue weighted by Gasteiger charge is -2.40. The van der Waals surface area contributed by atoms with Crippen LogP contribution >= 0.6 is 0 Å². The number of nitrogens with one attached hydrogen (secondary N) is 1. The van der Waals surface area contributed by atoms with Crippen molar-refractivity contribution in [2.24, 2.45) is 0 Å². The van der Waals surface area contributed by atoms with Crippen LogP contribution in [-0.4, -0.2) is 87.5 Å². The van der Waals surface area contributed by atoms with Crippen molar-refractivity contribution in [1.82, 2.24) is 5.32 Å². The summed E-state index contributed by atoms with van der Waals surface area (Å²) >= 11 is 0. The van der Waals surface area contributed by atoms with Gasteiger partial charge >= 0.3 is 0 Å². The van der Waals surface area contributed by atoms with Crippen LogP contribution in [0.2, 0.25) is 0 Å². The third-order valence-electron chi connectivity index (χ3n) is 14.2. The predicted octanol–water partition coefficient (Wildman–Crippen LogP) is 15.6. The van der Waals surface area contributed by atoms with Crippen LogP contribution in [0.15, 0.2) is 72.9 Å². The summed E-state index contributed by atoms with van der Waals surface area (Å²) in [6.07, 6.45) is 67.1. The average Bonchev–Trinajstić information content (AvgIpc) is 3.39. The van der Waals surface area contributed by atoms with Crippen molar-refractivity contribution in [3.8, 4) is 0 Å². The van der Waals surface area contributed by atoms with Crippen LogP contribution in [0.5, 0.6) is 0 Å². The van der Waals surface area contributed by atoms with Crippen molar-refractivity contribution >= 4 is 5.91 Å². The van der Waals surface area contributed by atoms with Gasteiger partial charge in [0.25, 0.3) is 0 Å². The van der Waals surface area contributed by atoms with Crippen LogP contribution in [0.4, 0.5) is 0 Å². The summed E-state index contributed by atoms with van der Waals surface area (Å²) in [4.78, 5) is 13.1. The molecule has 1 fully saturated rings. The second-order valence-corrected chi connectivity index (χ2v) is 21.1. The van der Waals surface area contributed by atoms with Crippen molar-refractivity contribution in [3.63, 3.8) is 0 Å². The molecule has 1 aliphatic rings. The summed E-state index contributed by atoms with van der Waals surface area (Å²) in [5.41, 5.74) is 0. The Balaban J connectivity index is 2.12. The van der Waals surface area contributed by atoms with Gasteiger partial charge in [-0.3, -0.25) is 4.79 Å². The molecule has 424 valence electrons. The normalized spacial score (nSPS) is 19.6. The highest BCUT2D eigenvalue weighted by molar-refractivity contribution is 5.76. The molecule has 9 nitrogen and oxygen atoms in total. The minimum Gasteiger partial charge on any atom is -0.394 e. The molecule has 0 aromatic heterocycles. The Labute approximate surface area is 448 Å². The van der Waals surface area contributed by atoms with Crippen molar-refractivity contribution < 1.29 is 39.8 Å². The molecule has 0 aromatic rings. The monoisotopic (exact) mass is 1030 g/mol. The average molecular weight is 1030 g/mol. The highest BCUT2D eigenvalue weighted by Gasteiger charge is 2.44. The number of aliphatic hydroxyl groups excluding tert-OH is 5. The van der Waals surface area contributed by atoms with Gasteiger partial charge in [-0.25, -0.2) is 0 Å².